The van der Waals surface area contributed by atoms with Gasteiger partial charge < -0.3 is 10.2 Å². The van der Waals surface area contributed by atoms with Crippen molar-refractivity contribution in [3.63, 3.8) is 0 Å². The summed E-state index contributed by atoms with van der Waals surface area (Å²) in [6.45, 7) is 4.78. The molecule has 5 nitrogen and oxygen atoms in total. The lowest BCUT2D eigenvalue weighted by Gasteiger charge is -2.30. The van der Waals surface area contributed by atoms with Gasteiger partial charge in [-0.05, 0) is 31.9 Å². The number of piperidine rings is 1. The van der Waals surface area contributed by atoms with Gasteiger partial charge in [0.25, 0.3) is 0 Å². The maximum Gasteiger partial charge on any atom is 0.228 e. The molecule has 1 fully saturated rings. The molecule has 5 heteroatoms. The minimum absolute atomic E-state index is 0.00121. The molecule has 0 radical (unpaired) electrons. The molecule has 0 atom stereocenters. The topological polar surface area (TPSA) is 62.3 Å². The third-order valence-electron chi connectivity index (χ3n) is 3.45. The van der Waals surface area contributed by atoms with Crippen LogP contribution in [0, 0.1) is 12.8 Å². The molecule has 2 amide bonds. The molecule has 1 aromatic rings. The lowest BCUT2D eigenvalue weighted by Crippen LogP contribution is -2.40. The number of pyridine rings is 1. The molecule has 1 aliphatic rings. The molecule has 1 aliphatic heterocycles. The van der Waals surface area contributed by atoms with E-state index in [-0.39, 0.29) is 17.7 Å². The average molecular weight is 261 g/mol. The van der Waals surface area contributed by atoms with Gasteiger partial charge in [0.2, 0.25) is 11.8 Å². The Labute approximate surface area is 113 Å². The van der Waals surface area contributed by atoms with Crippen molar-refractivity contribution in [3.8, 4) is 0 Å². The molecule has 0 spiro atoms. The largest absolute Gasteiger partial charge is 0.343 e. The molecule has 0 aliphatic carbocycles. The van der Waals surface area contributed by atoms with Crippen LogP contribution >= 0.6 is 0 Å². The Balaban J connectivity index is 1.90. The lowest BCUT2D eigenvalue weighted by molar-refractivity contribution is -0.132. The van der Waals surface area contributed by atoms with Crippen LogP contribution in [0.25, 0.3) is 0 Å². The molecule has 0 bridgehead atoms. The van der Waals surface area contributed by atoms with Gasteiger partial charge in [0.05, 0.1) is 0 Å². The summed E-state index contributed by atoms with van der Waals surface area (Å²) in [6.07, 6.45) is 1.44. The SMILES string of the molecule is CC(=O)N1CCC(C(=O)Nc2cccc(C)n2)CC1. The van der Waals surface area contributed by atoms with Gasteiger partial charge in [-0.15, -0.1) is 0 Å². The highest BCUT2D eigenvalue weighted by molar-refractivity contribution is 5.91. The second kappa shape index (κ2) is 5.82. The lowest BCUT2D eigenvalue weighted by atomic mass is 9.96. The summed E-state index contributed by atoms with van der Waals surface area (Å²) < 4.78 is 0. The first-order chi connectivity index (χ1) is 9.06. The molecule has 2 rings (SSSR count). The number of amides is 2. The van der Waals surface area contributed by atoms with Crippen molar-refractivity contribution in [2.75, 3.05) is 18.4 Å². The molecule has 0 saturated carbocycles. The zero-order chi connectivity index (χ0) is 13.8. The van der Waals surface area contributed by atoms with E-state index in [1.807, 2.05) is 19.1 Å². The summed E-state index contributed by atoms with van der Waals surface area (Å²) in [5.41, 5.74) is 0.879. The summed E-state index contributed by atoms with van der Waals surface area (Å²) in [5, 5.41) is 2.84. The van der Waals surface area contributed by atoms with Crippen LogP contribution in [0.1, 0.15) is 25.5 Å². The van der Waals surface area contributed by atoms with Crippen molar-refractivity contribution in [2.45, 2.75) is 26.7 Å². The van der Waals surface area contributed by atoms with E-state index < -0.39 is 0 Å². The first-order valence-electron chi connectivity index (χ1n) is 6.56. The minimum Gasteiger partial charge on any atom is -0.343 e. The number of hydrogen-bond acceptors (Lipinski definition) is 3. The Morgan fingerprint density at radius 1 is 1.32 bits per heavy atom. The van der Waals surface area contributed by atoms with Crippen LogP contribution in [0.5, 0.6) is 0 Å². The fourth-order valence-electron chi connectivity index (χ4n) is 2.30. The van der Waals surface area contributed by atoms with Crippen LogP contribution in [0.3, 0.4) is 0 Å². The van der Waals surface area contributed by atoms with Gasteiger partial charge in [-0.3, -0.25) is 9.59 Å². The molecule has 1 N–H and O–H groups in total. The van der Waals surface area contributed by atoms with Crippen LogP contribution in [-0.2, 0) is 9.59 Å². The van der Waals surface area contributed by atoms with Crippen molar-refractivity contribution >= 4 is 17.6 Å². The predicted molar refractivity (Wildman–Crippen MR) is 72.6 cm³/mol. The van der Waals surface area contributed by atoms with Gasteiger partial charge in [0.15, 0.2) is 0 Å². The van der Waals surface area contributed by atoms with Crippen LogP contribution < -0.4 is 5.32 Å². The molecule has 0 unspecified atom stereocenters. The number of likely N-dealkylation sites (tertiary alicyclic amines) is 1. The Kier molecular flexibility index (Phi) is 4.14. The number of carbonyl (C=O) groups is 2. The van der Waals surface area contributed by atoms with E-state index in [0.717, 1.165) is 18.5 Å². The number of carbonyl (C=O) groups excluding carboxylic acids is 2. The predicted octanol–water partition coefficient (Wildman–Crippen LogP) is 1.59. The van der Waals surface area contributed by atoms with Crippen molar-refractivity contribution in [1.29, 1.82) is 0 Å². The summed E-state index contributed by atoms with van der Waals surface area (Å²) >= 11 is 0. The second-order valence-corrected chi connectivity index (χ2v) is 4.93. The Morgan fingerprint density at radius 3 is 2.58 bits per heavy atom. The van der Waals surface area contributed by atoms with E-state index in [0.29, 0.717) is 18.9 Å². The van der Waals surface area contributed by atoms with Crippen LogP contribution in [0.2, 0.25) is 0 Å². The van der Waals surface area contributed by atoms with E-state index >= 15 is 0 Å². The average Bonchev–Trinajstić information content (AvgIpc) is 2.39. The number of rotatable bonds is 2. The number of hydrogen-bond donors (Lipinski definition) is 1. The number of aromatic nitrogens is 1. The first kappa shape index (κ1) is 13.5. The van der Waals surface area contributed by atoms with E-state index in [2.05, 4.69) is 10.3 Å². The Hall–Kier alpha value is -1.91. The van der Waals surface area contributed by atoms with Crippen LogP contribution in [-0.4, -0.2) is 34.8 Å². The van der Waals surface area contributed by atoms with Crippen molar-refractivity contribution < 1.29 is 9.59 Å². The standard InChI is InChI=1S/C14H19N3O2/c1-10-4-3-5-13(15-10)16-14(19)12-6-8-17(9-7-12)11(2)18/h3-5,12H,6-9H2,1-2H3,(H,15,16,19). The van der Waals surface area contributed by atoms with Crippen molar-refractivity contribution in [3.05, 3.63) is 23.9 Å². The quantitative estimate of drug-likeness (QED) is 0.879. The molecule has 0 aromatic carbocycles. The van der Waals surface area contributed by atoms with Crippen LogP contribution in [0.4, 0.5) is 5.82 Å². The molecular weight excluding hydrogens is 242 g/mol. The summed E-state index contributed by atoms with van der Waals surface area (Å²) in [6, 6.07) is 5.55. The van der Waals surface area contributed by atoms with E-state index in [1.165, 1.54) is 0 Å². The highest BCUT2D eigenvalue weighted by atomic mass is 16.2. The summed E-state index contributed by atoms with van der Waals surface area (Å²) in [7, 11) is 0. The zero-order valence-electron chi connectivity index (χ0n) is 11.3. The van der Waals surface area contributed by atoms with Gasteiger partial charge in [0.1, 0.15) is 5.82 Å². The highest BCUT2D eigenvalue weighted by Crippen LogP contribution is 2.19. The number of aryl methyl sites for hydroxylation is 1. The van der Waals surface area contributed by atoms with Crippen molar-refractivity contribution in [1.82, 2.24) is 9.88 Å². The summed E-state index contributed by atoms with van der Waals surface area (Å²) in [4.78, 5) is 29.4. The molecule has 1 saturated heterocycles. The third-order valence-corrected chi connectivity index (χ3v) is 3.45. The van der Waals surface area contributed by atoms with Crippen molar-refractivity contribution in [2.24, 2.45) is 5.92 Å². The monoisotopic (exact) mass is 261 g/mol. The number of nitrogens with zero attached hydrogens (tertiary/aromatic N) is 2. The van der Waals surface area contributed by atoms with Gasteiger partial charge in [-0.1, -0.05) is 6.07 Å². The molecule has 19 heavy (non-hydrogen) atoms. The second-order valence-electron chi connectivity index (χ2n) is 4.93. The van der Waals surface area contributed by atoms with Gasteiger partial charge in [-0.2, -0.15) is 0 Å². The van der Waals surface area contributed by atoms with E-state index in [4.69, 9.17) is 0 Å². The smallest absolute Gasteiger partial charge is 0.228 e. The Bertz CT molecular complexity index is 479. The third kappa shape index (κ3) is 3.53. The van der Waals surface area contributed by atoms with E-state index in [9.17, 15) is 9.59 Å². The normalized spacial score (nSPS) is 16.2. The first-order valence-corrected chi connectivity index (χ1v) is 6.56. The van der Waals surface area contributed by atoms with E-state index in [1.54, 1.807) is 17.9 Å². The summed E-state index contributed by atoms with van der Waals surface area (Å²) in [5.74, 6) is 0.650. The minimum atomic E-state index is -0.0297. The number of anilines is 1. The fraction of sp³-hybridized carbons (Fsp3) is 0.500. The zero-order valence-corrected chi connectivity index (χ0v) is 11.3. The van der Waals surface area contributed by atoms with Gasteiger partial charge in [-0.25, -0.2) is 4.98 Å². The molecule has 102 valence electrons. The van der Waals surface area contributed by atoms with Gasteiger partial charge >= 0.3 is 0 Å². The molecule has 2 heterocycles. The molecular formula is C14H19N3O2. The Morgan fingerprint density at radius 2 is 2.00 bits per heavy atom. The maximum absolute atomic E-state index is 12.1. The molecule has 1 aromatic heterocycles. The maximum atomic E-state index is 12.1. The van der Waals surface area contributed by atoms with Gasteiger partial charge in [0, 0.05) is 31.6 Å². The fourth-order valence-corrected chi connectivity index (χ4v) is 2.30. The number of nitrogens with one attached hydrogen (secondary N) is 1. The highest BCUT2D eigenvalue weighted by Gasteiger charge is 2.26. The van der Waals surface area contributed by atoms with Crippen LogP contribution in [0.15, 0.2) is 18.2 Å².